The van der Waals surface area contributed by atoms with Crippen LogP contribution in [0.3, 0.4) is 0 Å². The number of nitrogens with zero attached hydrogens (tertiary/aromatic N) is 1. The van der Waals surface area contributed by atoms with E-state index >= 15 is 0 Å². The van der Waals surface area contributed by atoms with Gasteiger partial charge in [0.15, 0.2) is 0 Å². The molecule has 8 heteroatoms. The number of nitrogens with one attached hydrogen (secondary N) is 2. The smallest absolute Gasteiger partial charge is 0.248 e. The third kappa shape index (κ3) is 9.09. The molecule has 214 valence electrons. The van der Waals surface area contributed by atoms with Gasteiger partial charge >= 0.3 is 0 Å². The van der Waals surface area contributed by atoms with E-state index in [2.05, 4.69) is 22.5 Å². The number of hydrogen-bond acceptors (Lipinski definition) is 3. The largest absolute Gasteiger partial charge is 0.353 e. The molecule has 2 atom stereocenters. The molecular weight excluding hydrogens is 503 g/mol. The Balaban J connectivity index is 0.00000420. The van der Waals surface area contributed by atoms with Crippen LogP contribution in [0.25, 0.3) is 0 Å². The second-order valence-corrected chi connectivity index (χ2v) is 10.9. The molecule has 2 aromatic carbocycles. The van der Waals surface area contributed by atoms with Crippen molar-refractivity contribution in [1.29, 1.82) is 0 Å². The zero-order chi connectivity index (χ0) is 27.1. The zero-order valence-electron chi connectivity index (χ0n) is 22.0. The van der Waals surface area contributed by atoms with Gasteiger partial charge in [-0.2, -0.15) is 0 Å². The fourth-order valence-corrected chi connectivity index (χ4v) is 5.60. The third-order valence-corrected chi connectivity index (χ3v) is 7.98. The van der Waals surface area contributed by atoms with Crippen molar-refractivity contribution in [3.63, 3.8) is 0 Å². The predicted octanol–water partition coefficient (Wildman–Crippen LogP) is 6.05. The van der Waals surface area contributed by atoms with Crippen molar-refractivity contribution in [2.45, 2.75) is 89.8 Å². The molecular formula is C31H42F3N3O2. The molecule has 1 saturated heterocycles. The molecule has 2 aromatic rings. The van der Waals surface area contributed by atoms with Crippen LogP contribution in [0.2, 0.25) is 0 Å². The van der Waals surface area contributed by atoms with Crippen molar-refractivity contribution in [2.75, 3.05) is 13.1 Å². The van der Waals surface area contributed by atoms with Gasteiger partial charge in [-0.15, -0.1) is 0 Å². The minimum absolute atomic E-state index is 0. The molecule has 0 bridgehead atoms. The molecule has 5 nitrogen and oxygen atoms in total. The summed E-state index contributed by atoms with van der Waals surface area (Å²) in [7, 11) is 0. The lowest BCUT2D eigenvalue weighted by atomic mass is 9.85. The maximum atomic E-state index is 13.6. The highest BCUT2D eigenvalue weighted by Crippen LogP contribution is 2.36. The number of hydrogen-bond donors (Lipinski definition) is 2. The Labute approximate surface area is 230 Å². The Hall–Kier alpha value is -2.87. The van der Waals surface area contributed by atoms with Gasteiger partial charge in [0.25, 0.3) is 0 Å². The van der Waals surface area contributed by atoms with Crippen LogP contribution in [0.15, 0.2) is 54.6 Å². The summed E-state index contributed by atoms with van der Waals surface area (Å²) in [6.07, 6.45) is 2.58. The van der Waals surface area contributed by atoms with Gasteiger partial charge in [-0.25, -0.2) is 13.2 Å². The fraction of sp³-hybridized carbons (Fsp3) is 0.548. The summed E-state index contributed by atoms with van der Waals surface area (Å²) < 4.78 is 40.3. The zero-order valence-corrected chi connectivity index (χ0v) is 22.0. The van der Waals surface area contributed by atoms with Crippen LogP contribution in [0.5, 0.6) is 0 Å². The molecule has 1 aliphatic heterocycles. The minimum Gasteiger partial charge on any atom is -0.353 e. The number of rotatable bonds is 9. The molecule has 0 aromatic heterocycles. The second-order valence-electron chi connectivity index (χ2n) is 10.9. The summed E-state index contributed by atoms with van der Waals surface area (Å²) in [6, 6.07) is 15.9. The van der Waals surface area contributed by atoms with E-state index < -0.39 is 5.92 Å². The summed E-state index contributed by atoms with van der Waals surface area (Å²) in [5.41, 5.74) is 1.79. The molecule has 1 aliphatic carbocycles. The summed E-state index contributed by atoms with van der Waals surface area (Å²) >= 11 is 0. The average molecular weight is 546 g/mol. The normalized spacial score (nSPS) is 19.9. The van der Waals surface area contributed by atoms with Gasteiger partial charge in [0.05, 0.1) is 12.5 Å². The number of halogens is 3. The quantitative estimate of drug-likeness (QED) is 0.404. The van der Waals surface area contributed by atoms with Crippen LogP contribution in [0.1, 0.15) is 76.5 Å². The van der Waals surface area contributed by atoms with E-state index in [9.17, 15) is 22.8 Å². The first-order valence-electron chi connectivity index (χ1n) is 13.7. The molecule has 2 amide bonds. The number of likely N-dealkylation sites (tertiary alicyclic amines) is 1. The van der Waals surface area contributed by atoms with Crippen molar-refractivity contribution in [2.24, 2.45) is 5.92 Å². The Morgan fingerprint density at radius 2 is 1.59 bits per heavy atom. The number of piperidine rings is 1. The van der Waals surface area contributed by atoms with Gasteiger partial charge in [-0.05, 0) is 62.3 Å². The van der Waals surface area contributed by atoms with E-state index in [1.807, 2.05) is 30.3 Å². The van der Waals surface area contributed by atoms with Crippen molar-refractivity contribution in [3.8, 4) is 0 Å². The van der Waals surface area contributed by atoms with Crippen LogP contribution in [0.4, 0.5) is 13.2 Å². The fourth-order valence-electron chi connectivity index (χ4n) is 5.60. The first-order valence-corrected chi connectivity index (χ1v) is 13.7. The molecule has 0 unspecified atom stereocenters. The number of alkyl halides is 2. The first-order chi connectivity index (χ1) is 18.2. The summed E-state index contributed by atoms with van der Waals surface area (Å²) in [5.74, 6) is -3.54. The van der Waals surface area contributed by atoms with Gasteiger partial charge in [0.2, 0.25) is 17.7 Å². The van der Waals surface area contributed by atoms with E-state index in [-0.39, 0.29) is 81.2 Å². The minimum atomic E-state index is -2.66. The molecule has 1 saturated carbocycles. The van der Waals surface area contributed by atoms with E-state index in [4.69, 9.17) is 0 Å². The van der Waals surface area contributed by atoms with E-state index in [1.165, 1.54) is 12.1 Å². The lowest BCUT2D eigenvalue weighted by molar-refractivity contribution is -0.130. The van der Waals surface area contributed by atoms with Crippen LogP contribution in [0, 0.1) is 11.7 Å². The Morgan fingerprint density at radius 1 is 0.974 bits per heavy atom. The lowest BCUT2D eigenvalue weighted by Gasteiger charge is -2.38. The van der Waals surface area contributed by atoms with E-state index in [0.717, 1.165) is 37.1 Å². The summed E-state index contributed by atoms with van der Waals surface area (Å²) in [5, 5.41) is 6.28. The monoisotopic (exact) mass is 545 g/mol. The molecule has 1 heterocycles. The number of benzene rings is 2. The molecule has 2 N–H and O–H groups in total. The molecule has 2 fully saturated rings. The standard InChI is InChI=1S/C30H38F3N3O2.CH4/c1-21(36-17-13-26(14-18-36)34-28(37)20-22-7-9-25(31)10-8-22)19-27(23-5-3-2-4-6-23)35-29(38)24-11-15-30(32,33)16-12-24;/h2-10,21,24,26-27H,11-20H2,1H3,(H,34,37)(H,35,38);1H4/t21-,27-;/m1./s1. The second kappa shape index (κ2) is 14.0. The highest BCUT2D eigenvalue weighted by atomic mass is 19.3. The Bertz CT molecular complexity index is 1050. The van der Waals surface area contributed by atoms with Crippen molar-refractivity contribution >= 4 is 11.8 Å². The number of carbonyl (C=O) groups excluding carboxylic acids is 2. The maximum absolute atomic E-state index is 13.6. The molecule has 0 spiro atoms. The lowest BCUT2D eigenvalue weighted by Crippen LogP contribution is -2.48. The van der Waals surface area contributed by atoms with Crippen molar-refractivity contribution in [1.82, 2.24) is 15.5 Å². The van der Waals surface area contributed by atoms with Gasteiger partial charge in [-0.1, -0.05) is 49.9 Å². The van der Waals surface area contributed by atoms with E-state index in [1.54, 1.807) is 12.1 Å². The van der Waals surface area contributed by atoms with Crippen LogP contribution in [-0.2, 0) is 16.0 Å². The van der Waals surface area contributed by atoms with Gasteiger partial charge in [0.1, 0.15) is 5.82 Å². The highest BCUT2D eigenvalue weighted by molar-refractivity contribution is 5.79. The number of amides is 2. The summed E-state index contributed by atoms with van der Waals surface area (Å²) in [4.78, 5) is 27.8. The van der Waals surface area contributed by atoms with Crippen LogP contribution in [-0.4, -0.2) is 47.8 Å². The average Bonchev–Trinajstić information content (AvgIpc) is 2.90. The molecule has 39 heavy (non-hydrogen) atoms. The summed E-state index contributed by atoms with van der Waals surface area (Å²) in [6.45, 7) is 3.81. The van der Waals surface area contributed by atoms with Crippen molar-refractivity contribution in [3.05, 3.63) is 71.5 Å². The highest BCUT2D eigenvalue weighted by Gasteiger charge is 2.38. The molecule has 2 aliphatic rings. The van der Waals surface area contributed by atoms with Gasteiger partial charge < -0.3 is 15.5 Å². The van der Waals surface area contributed by atoms with Gasteiger partial charge in [-0.3, -0.25) is 9.59 Å². The van der Waals surface area contributed by atoms with Crippen LogP contribution >= 0.6 is 0 Å². The third-order valence-electron chi connectivity index (χ3n) is 7.98. The van der Waals surface area contributed by atoms with Gasteiger partial charge in [0, 0.05) is 43.9 Å². The maximum Gasteiger partial charge on any atom is 0.248 e. The van der Waals surface area contributed by atoms with Crippen molar-refractivity contribution < 1.29 is 22.8 Å². The predicted molar refractivity (Wildman–Crippen MR) is 148 cm³/mol. The van der Waals surface area contributed by atoms with E-state index in [0.29, 0.717) is 6.42 Å². The first kappa shape index (κ1) is 30.7. The SMILES string of the molecule is C.C[C@H](C[C@@H](NC(=O)C1CCC(F)(F)CC1)c1ccccc1)N1CCC(NC(=O)Cc2ccc(F)cc2)CC1. The molecule has 4 rings (SSSR count). The van der Waals surface area contributed by atoms with Crippen LogP contribution < -0.4 is 10.6 Å². The Kier molecular flexibility index (Phi) is 11.0. The Morgan fingerprint density at radius 3 is 2.21 bits per heavy atom. The topological polar surface area (TPSA) is 61.4 Å². The molecule has 0 radical (unpaired) electrons. The number of carbonyl (C=O) groups is 2.